The third-order valence-corrected chi connectivity index (χ3v) is 2.90. The fraction of sp³-hybridized carbons (Fsp3) is 0.500. The molecule has 0 amide bonds. The van der Waals surface area contributed by atoms with Gasteiger partial charge in [-0.1, -0.05) is 25.2 Å². The van der Waals surface area contributed by atoms with E-state index >= 15 is 0 Å². The topological polar surface area (TPSA) is 89.9 Å². The number of allylic oxidation sites excluding steroid dienone is 3. The van der Waals surface area contributed by atoms with Gasteiger partial charge in [-0.2, -0.15) is 0 Å². The minimum atomic E-state index is -1.13. The first-order valence-corrected chi connectivity index (χ1v) is 6.39. The van der Waals surface area contributed by atoms with E-state index in [9.17, 15) is 14.4 Å². The standard InChI is InChI=1S/C14H18O6/c1-3-10(8-19-9(2)15)20-14(18)12-7-5-4-6-11(12)13(16)17/h4-6,10,12H,3,7-8H2,1-2H3,(H,16,17)/t10?,12-/m1/s1. The summed E-state index contributed by atoms with van der Waals surface area (Å²) in [5.74, 6) is -3.01. The van der Waals surface area contributed by atoms with Crippen molar-refractivity contribution in [3.63, 3.8) is 0 Å². The van der Waals surface area contributed by atoms with Crippen molar-refractivity contribution in [2.24, 2.45) is 5.92 Å². The van der Waals surface area contributed by atoms with Crippen LogP contribution >= 0.6 is 0 Å². The predicted molar refractivity (Wildman–Crippen MR) is 69.8 cm³/mol. The Hall–Kier alpha value is -2.11. The zero-order valence-electron chi connectivity index (χ0n) is 11.5. The predicted octanol–water partition coefficient (Wildman–Crippen LogP) is 1.46. The maximum absolute atomic E-state index is 12.0. The van der Waals surface area contributed by atoms with Gasteiger partial charge in [-0.25, -0.2) is 4.79 Å². The number of aliphatic carboxylic acids is 1. The van der Waals surface area contributed by atoms with Crippen LogP contribution in [0.15, 0.2) is 23.8 Å². The Labute approximate surface area is 117 Å². The van der Waals surface area contributed by atoms with Gasteiger partial charge in [0.15, 0.2) is 0 Å². The first-order valence-electron chi connectivity index (χ1n) is 6.39. The molecule has 0 aromatic rings. The van der Waals surface area contributed by atoms with Gasteiger partial charge in [-0.15, -0.1) is 0 Å². The van der Waals surface area contributed by atoms with Crippen LogP contribution in [-0.2, 0) is 23.9 Å². The van der Waals surface area contributed by atoms with Crippen LogP contribution in [0.2, 0.25) is 0 Å². The van der Waals surface area contributed by atoms with E-state index in [2.05, 4.69) is 0 Å². The lowest BCUT2D eigenvalue weighted by Crippen LogP contribution is -2.30. The Kier molecular flexibility index (Phi) is 5.96. The summed E-state index contributed by atoms with van der Waals surface area (Å²) >= 11 is 0. The maximum atomic E-state index is 12.0. The highest BCUT2D eigenvalue weighted by Crippen LogP contribution is 2.23. The Morgan fingerprint density at radius 2 is 2.15 bits per heavy atom. The number of carboxylic acids is 1. The van der Waals surface area contributed by atoms with E-state index in [1.54, 1.807) is 19.1 Å². The smallest absolute Gasteiger partial charge is 0.332 e. The normalized spacial score (nSPS) is 18.9. The summed E-state index contributed by atoms with van der Waals surface area (Å²) in [6.45, 7) is 3.04. The molecule has 1 aliphatic carbocycles. The fourth-order valence-electron chi connectivity index (χ4n) is 1.76. The van der Waals surface area contributed by atoms with Gasteiger partial charge in [0.05, 0.1) is 11.5 Å². The summed E-state index contributed by atoms with van der Waals surface area (Å²) in [6.07, 6.45) is 4.92. The molecule has 6 heteroatoms. The van der Waals surface area contributed by atoms with Gasteiger partial charge in [-0.3, -0.25) is 9.59 Å². The van der Waals surface area contributed by atoms with Gasteiger partial charge in [-0.05, 0) is 12.8 Å². The van der Waals surface area contributed by atoms with E-state index in [-0.39, 0.29) is 12.2 Å². The van der Waals surface area contributed by atoms with Crippen LogP contribution in [0.3, 0.4) is 0 Å². The number of rotatable bonds is 6. The summed E-state index contributed by atoms with van der Waals surface area (Å²) in [7, 11) is 0. The number of carbonyl (C=O) groups is 3. The number of carbonyl (C=O) groups excluding carboxylic acids is 2. The molecule has 6 nitrogen and oxygen atoms in total. The lowest BCUT2D eigenvalue weighted by Gasteiger charge is -2.21. The van der Waals surface area contributed by atoms with Crippen molar-refractivity contribution in [2.75, 3.05) is 6.61 Å². The SMILES string of the molecule is CCC(COC(C)=O)OC(=O)[C@@H]1CC=CC=C1C(=O)O. The van der Waals surface area contributed by atoms with Crippen molar-refractivity contribution in [2.45, 2.75) is 32.8 Å². The van der Waals surface area contributed by atoms with Crippen LogP contribution in [0.25, 0.3) is 0 Å². The molecule has 110 valence electrons. The van der Waals surface area contributed by atoms with Gasteiger partial charge in [0, 0.05) is 6.92 Å². The van der Waals surface area contributed by atoms with Gasteiger partial charge >= 0.3 is 17.9 Å². The summed E-state index contributed by atoms with van der Waals surface area (Å²) in [5, 5.41) is 9.05. The highest BCUT2D eigenvalue weighted by Gasteiger charge is 2.30. The number of ether oxygens (including phenoxy) is 2. The molecule has 1 rings (SSSR count). The van der Waals surface area contributed by atoms with Gasteiger partial charge in [0.1, 0.15) is 12.7 Å². The van der Waals surface area contributed by atoms with Crippen molar-refractivity contribution in [1.82, 2.24) is 0 Å². The van der Waals surface area contributed by atoms with Crippen LogP contribution in [0.1, 0.15) is 26.7 Å². The highest BCUT2D eigenvalue weighted by molar-refractivity contribution is 5.95. The van der Waals surface area contributed by atoms with Crippen molar-refractivity contribution in [3.05, 3.63) is 23.8 Å². The van der Waals surface area contributed by atoms with Crippen molar-refractivity contribution in [1.29, 1.82) is 0 Å². The molecule has 20 heavy (non-hydrogen) atoms. The highest BCUT2D eigenvalue weighted by atomic mass is 16.6. The van der Waals surface area contributed by atoms with Crippen molar-refractivity contribution in [3.8, 4) is 0 Å². The quantitative estimate of drug-likeness (QED) is 0.742. The van der Waals surface area contributed by atoms with E-state index in [1.165, 1.54) is 13.0 Å². The first-order chi connectivity index (χ1) is 9.45. The third kappa shape index (κ3) is 4.53. The Balaban J connectivity index is 2.64. The van der Waals surface area contributed by atoms with E-state index in [4.69, 9.17) is 14.6 Å². The third-order valence-electron chi connectivity index (χ3n) is 2.90. The molecule has 0 spiro atoms. The van der Waals surface area contributed by atoms with E-state index in [1.807, 2.05) is 0 Å². The lowest BCUT2D eigenvalue weighted by molar-refractivity contribution is -0.161. The Bertz CT molecular complexity index is 449. The second-order valence-electron chi connectivity index (χ2n) is 4.41. The Morgan fingerprint density at radius 3 is 2.70 bits per heavy atom. The number of hydrogen-bond donors (Lipinski definition) is 1. The summed E-state index contributed by atoms with van der Waals surface area (Å²) < 4.78 is 10.0. The van der Waals surface area contributed by atoms with Gasteiger partial charge in [0.2, 0.25) is 0 Å². The lowest BCUT2D eigenvalue weighted by atomic mass is 9.91. The molecule has 1 N–H and O–H groups in total. The molecular formula is C14H18O6. The van der Waals surface area contributed by atoms with Crippen LogP contribution in [0.4, 0.5) is 0 Å². The summed E-state index contributed by atoms with van der Waals surface area (Å²) in [6, 6.07) is 0. The summed E-state index contributed by atoms with van der Waals surface area (Å²) in [4.78, 5) is 33.8. The molecule has 1 aliphatic rings. The summed E-state index contributed by atoms with van der Waals surface area (Å²) in [5.41, 5.74) is 0.0137. The van der Waals surface area contributed by atoms with E-state index < -0.39 is 29.9 Å². The van der Waals surface area contributed by atoms with Gasteiger partial charge in [0.25, 0.3) is 0 Å². The maximum Gasteiger partial charge on any atom is 0.332 e. The number of esters is 2. The molecule has 0 bridgehead atoms. The monoisotopic (exact) mass is 282 g/mol. The number of carboxylic acid groups (broad SMARTS) is 1. The average Bonchev–Trinajstić information content (AvgIpc) is 2.42. The molecular weight excluding hydrogens is 264 g/mol. The van der Waals surface area contributed by atoms with E-state index in [0.29, 0.717) is 12.8 Å². The molecule has 1 unspecified atom stereocenters. The minimum absolute atomic E-state index is 0.0137. The molecule has 0 saturated carbocycles. The zero-order chi connectivity index (χ0) is 15.1. The molecule has 0 saturated heterocycles. The molecule has 0 aliphatic heterocycles. The van der Waals surface area contributed by atoms with Crippen LogP contribution in [0, 0.1) is 5.92 Å². The molecule has 0 aromatic heterocycles. The minimum Gasteiger partial charge on any atom is -0.478 e. The average molecular weight is 282 g/mol. The second-order valence-corrected chi connectivity index (χ2v) is 4.41. The Morgan fingerprint density at radius 1 is 1.45 bits per heavy atom. The molecule has 2 atom stereocenters. The van der Waals surface area contributed by atoms with Crippen molar-refractivity contribution < 1.29 is 29.0 Å². The zero-order valence-corrected chi connectivity index (χ0v) is 11.5. The van der Waals surface area contributed by atoms with Crippen LogP contribution < -0.4 is 0 Å². The van der Waals surface area contributed by atoms with E-state index in [0.717, 1.165) is 0 Å². The van der Waals surface area contributed by atoms with Crippen LogP contribution in [-0.4, -0.2) is 35.7 Å². The molecule has 0 radical (unpaired) electrons. The number of hydrogen-bond acceptors (Lipinski definition) is 5. The van der Waals surface area contributed by atoms with Crippen LogP contribution in [0.5, 0.6) is 0 Å². The molecule has 0 heterocycles. The van der Waals surface area contributed by atoms with Crippen molar-refractivity contribution >= 4 is 17.9 Å². The first kappa shape index (κ1) is 15.9. The second kappa shape index (κ2) is 7.47. The van der Waals surface area contributed by atoms with Gasteiger partial charge < -0.3 is 14.6 Å². The molecule has 0 fully saturated rings. The molecule has 0 aromatic carbocycles. The largest absolute Gasteiger partial charge is 0.478 e. The fourth-order valence-corrected chi connectivity index (χ4v) is 1.76.